The number of aryl methyl sites for hydroxylation is 2. The number of hydrogen-bond donors (Lipinski definition) is 1. The summed E-state index contributed by atoms with van der Waals surface area (Å²) in [5, 5.41) is 9.69. The normalized spacial score (nSPS) is 18.6. The van der Waals surface area contributed by atoms with E-state index in [-0.39, 0.29) is 17.4 Å². The fourth-order valence-electron chi connectivity index (χ4n) is 2.90. The van der Waals surface area contributed by atoms with E-state index in [1.807, 2.05) is 0 Å². The molecular weight excluding hydrogens is 224 g/mol. The molecule has 0 aliphatic carbocycles. The Morgan fingerprint density at radius 2 is 1.67 bits per heavy atom. The van der Waals surface area contributed by atoms with Gasteiger partial charge < -0.3 is 9.84 Å². The van der Waals surface area contributed by atoms with E-state index in [9.17, 15) is 5.11 Å². The maximum atomic E-state index is 9.69. The first-order valence-electron chi connectivity index (χ1n) is 6.61. The van der Waals surface area contributed by atoms with Gasteiger partial charge in [0.15, 0.2) is 0 Å². The van der Waals surface area contributed by atoms with E-state index >= 15 is 0 Å². The highest BCUT2D eigenvalue weighted by molar-refractivity contribution is 5.46. The van der Waals surface area contributed by atoms with E-state index in [1.165, 1.54) is 22.3 Å². The molecule has 0 atom stereocenters. The number of aliphatic hydroxyl groups is 1. The van der Waals surface area contributed by atoms with Crippen molar-refractivity contribution in [2.75, 3.05) is 19.8 Å². The molecule has 1 aliphatic rings. The molecule has 1 aromatic carbocycles. The number of rotatable bonds is 2. The molecule has 0 bridgehead atoms. The van der Waals surface area contributed by atoms with Crippen LogP contribution in [-0.2, 0) is 15.6 Å². The molecule has 0 aromatic heterocycles. The predicted molar refractivity (Wildman–Crippen MR) is 74.2 cm³/mol. The Balaban J connectivity index is 2.51. The van der Waals surface area contributed by atoms with E-state index in [0.29, 0.717) is 13.2 Å². The molecule has 1 aliphatic heterocycles. The van der Waals surface area contributed by atoms with Gasteiger partial charge in [-0.25, -0.2) is 0 Å². The van der Waals surface area contributed by atoms with E-state index in [4.69, 9.17) is 4.74 Å². The Kier molecular flexibility index (Phi) is 3.28. The third-order valence-electron chi connectivity index (χ3n) is 3.99. The summed E-state index contributed by atoms with van der Waals surface area (Å²) in [7, 11) is 0. The molecular formula is C16H24O2. The van der Waals surface area contributed by atoms with E-state index in [2.05, 4.69) is 46.8 Å². The fraction of sp³-hybridized carbons (Fsp3) is 0.625. The predicted octanol–water partition coefficient (Wildman–Crippen LogP) is 2.86. The van der Waals surface area contributed by atoms with Crippen molar-refractivity contribution in [3.63, 3.8) is 0 Å². The van der Waals surface area contributed by atoms with Gasteiger partial charge >= 0.3 is 0 Å². The maximum absolute atomic E-state index is 9.69. The van der Waals surface area contributed by atoms with Crippen molar-refractivity contribution in [2.24, 2.45) is 0 Å². The van der Waals surface area contributed by atoms with Gasteiger partial charge in [-0.2, -0.15) is 0 Å². The Bertz CT molecular complexity index is 422. The third kappa shape index (κ3) is 2.08. The zero-order chi connectivity index (χ0) is 13.6. The average Bonchev–Trinajstić information content (AvgIpc) is 2.19. The van der Waals surface area contributed by atoms with E-state index < -0.39 is 0 Å². The van der Waals surface area contributed by atoms with Crippen LogP contribution in [0.5, 0.6) is 0 Å². The summed E-state index contributed by atoms with van der Waals surface area (Å²) in [6.07, 6.45) is 0. The minimum atomic E-state index is -0.162. The summed E-state index contributed by atoms with van der Waals surface area (Å²) in [6.45, 7) is 12.4. The van der Waals surface area contributed by atoms with Gasteiger partial charge in [-0.15, -0.1) is 0 Å². The van der Waals surface area contributed by atoms with Crippen molar-refractivity contribution < 1.29 is 9.84 Å². The molecule has 1 heterocycles. The molecule has 2 rings (SSSR count). The van der Waals surface area contributed by atoms with Gasteiger partial charge in [-0.1, -0.05) is 32.9 Å². The van der Waals surface area contributed by atoms with Crippen molar-refractivity contribution in [1.29, 1.82) is 0 Å². The standard InChI is InChI=1S/C16H24O2/c1-11-6-13(15(3,4)5)7-12(2)14(11)16(8-17)9-18-10-16/h6-7,17H,8-10H2,1-5H3. The van der Waals surface area contributed by atoms with Crippen molar-refractivity contribution in [2.45, 2.75) is 45.4 Å². The van der Waals surface area contributed by atoms with Crippen LogP contribution >= 0.6 is 0 Å². The van der Waals surface area contributed by atoms with Gasteiger partial charge in [-0.05, 0) is 41.5 Å². The van der Waals surface area contributed by atoms with Gasteiger partial charge in [0, 0.05) is 0 Å². The van der Waals surface area contributed by atoms with Crippen LogP contribution in [0.15, 0.2) is 12.1 Å². The Hall–Kier alpha value is -0.860. The van der Waals surface area contributed by atoms with Crippen LogP contribution in [0.25, 0.3) is 0 Å². The molecule has 1 saturated heterocycles. The van der Waals surface area contributed by atoms with Crippen LogP contribution in [0.1, 0.15) is 43.0 Å². The average molecular weight is 248 g/mol. The molecule has 0 spiro atoms. The Morgan fingerprint density at radius 1 is 1.17 bits per heavy atom. The lowest BCUT2D eigenvalue weighted by Crippen LogP contribution is -2.50. The molecule has 1 aromatic rings. The van der Waals surface area contributed by atoms with Crippen LogP contribution < -0.4 is 0 Å². The third-order valence-corrected chi connectivity index (χ3v) is 3.99. The molecule has 2 heteroatoms. The van der Waals surface area contributed by atoms with Crippen LogP contribution in [-0.4, -0.2) is 24.9 Å². The van der Waals surface area contributed by atoms with Crippen LogP contribution in [0.4, 0.5) is 0 Å². The minimum absolute atomic E-state index is 0.162. The first kappa shape index (κ1) is 13.6. The van der Waals surface area contributed by atoms with E-state index in [0.717, 1.165) is 0 Å². The molecule has 0 unspecified atom stereocenters. The number of benzene rings is 1. The van der Waals surface area contributed by atoms with Gasteiger partial charge in [0.1, 0.15) is 0 Å². The van der Waals surface area contributed by atoms with Crippen LogP contribution in [0.3, 0.4) is 0 Å². The van der Waals surface area contributed by atoms with Gasteiger partial charge in [0.05, 0.1) is 25.2 Å². The molecule has 0 radical (unpaired) electrons. The van der Waals surface area contributed by atoms with Crippen molar-refractivity contribution in [1.82, 2.24) is 0 Å². The summed E-state index contributed by atoms with van der Waals surface area (Å²) >= 11 is 0. The zero-order valence-corrected chi connectivity index (χ0v) is 12.1. The quantitative estimate of drug-likeness (QED) is 0.872. The van der Waals surface area contributed by atoms with Crippen molar-refractivity contribution in [3.8, 4) is 0 Å². The van der Waals surface area contributed by atoms with E-state index in [1.54, 1.807) is 0 Å². The summed E-state index contributed by atoms with van der Waals surface area (Å²) in [5.74, 6) is 0. The minimum Gasteiger partial charge on any atom is -0.395 e. The van der Waals surface area contributed by atoms with Crippen LogP contribution in [0, 0.1) is 13.8 Å². The Labute approximate surface area is 110 Å². The lowest BCUT2D eigenvalue weighted by atomic mass is 9.73. The lowest BCUT2D eigenvalue weighted by molar-refractivity contribution is -0.0847. The lowest BCUT2D eigenvalue weighted by Gasteiger charge is -2.42. The maximum Gasteiger partial charge on any atom is 0.0656 e. The van der Waals surface area contributed by atoms with Gasteiger partial charge in [-0.3, -0.25) is 0 Å². The van der Waals surface area contributed by atoms with Crippen molar-refractivity contribution >= 4 is 0 Å². The second-order valence-corrected chi connectivity index (χ2v) is 6.67. The molecule has 2 nitrogen and oxygen atoms in total. The highest BCUT2D eigenvalue weighted by Crippen LogP contribution is 2.38. The van der Waals surface area contributed by atoms with Crippen molar-refractivity contribution in [3.05, 3.63) is 34.4 Å². The number of ether oxygens (including phenoxy) is 1. The highest BCUT2D eigenvalue weighted by atomic mass is 16.5. The monoisotopic (exact) mass is 248 g/mol. The smallest absolute Gasteiger partial charge is 0.0656 e. The van der Waals surface area contributed by atoms with Crippen LogP contribution in [0.2, 0.25) is 0 Å². The Morgan fingerprint density at radius 3 is 1.94 bits per heavy atom. The zero-order valence-electron chi connectivity index (χ0n) is 12.1. The second kappa shape index (κ2) is 4.36. The SMILES string of the molecule is Cc1cc(C(C)(C)C)cc(C)c1C1(CO)COC1. The molecule has 18 heavy (non-hydrogen) atoms. The highest BCUT2D eigenvalue weighted by Gasteiger charge is 2.42. The molecule has 1 fully saturated rings. The number of aliphatic hydroxyl groups excluding tert-OH is 1. The summed E-state index contributed by atoms with van der Waals surface area (Å²) in [6, 6.07) is 4.52. The van der Waals surface area contributed by atoms with Gasteiger partial charge in [0.25, 0.3) is 0 Å². The summed E-state index contributed by atoms with van der Waals surface area (Å²) < 4.78 is 5.33. The molecule has 0 amide bonds. The largest absolute Gasteiger partial charge is 0.395 e. The molecule has 100 valence electrons. The second-order valence-electron chi connectivity index (χ2n) is 6.67. The molecule has 1 N–H and O–H groups in total. The number of hydrogen-bond acceptors (Lipinski definition) is 2. The molecule has 0 saturated carbocycles. The summed E-state index contributed by atoms with van der Waals surface area (Å²) in [4.78, 5) is 0. The fourth-order valence-corrected chi connectivity index (χ4v) is 2.90. The first-order chi connectivity index (χ1) is 8.30. The first-order valence-corrected chi connectivity index (χ1v) is 6.61. The topological polar surface area (TPSA) is 29.5 Å². The summed E-state index contributed by atoms with van der Waals surface area (Å²) in [5.41, 5.74) is 5.19. The van der Waals surface area contributed by atoms with Gasteiger partial charge in [0.2, 0.25) is 0 Å².